The number of isocyanates is 1. The topological polar surface area (TPSA) is 29.4 Å². The molecule has 2 nitrogen and oxygen atoms in total. The number of rotatable bonds is 2. The van der Waals surface area contributed by atoms with Crippen molar-refractivity contribution in [3.63, 3.8) is 0 Å². The van der Waals surface area contributed by atoms with Crippen LogP contribution in [0.3, 0.4) is 0 Å². The Labute approximate surface area is 67.0 Å². The molecule has 0 aromatic heterocycles. The fourth-order valence-corrected chi connectivity index (χ4v) is 1.52. The summed E-state index contributed by atoms with van der Waals surface area (Å²) in [5.41, 5.74) is 0. The Balaban J connectivity index is 2.28. The molecule has 2 heteroatoms. The van der Waals surface area contributed by atoms with E-state index < -0.39 is 0 Å². The summed E-state index contributed by atoms with van der Waals surface area (Å²) in [7, 11) is 0. The molecular formula is C9H13NO. The Morgan fingerprint density at radius 1 is 1.27 bits per heavy atom. The zero-order valence-corrected chi connectivity index (χ0v) is 6.62. The van der Waals surface area contributed by atoms with Crippen LogP contribution in [0.25, 0.3) is 0 Å². The largest absolute Gasteiger partial charge is 0.239 e. The van der Waals surface area contributed by atoms with Crippen LogP contribution in [0.15, 0.2) is 17.3 Å². The molecule has 60 valence electrons. The van der Waals surface area contributed by atoms with E-state index in [9.17, 15) is 4.79 Å². The normalized spacial score (nSPS) is 20.0. The first-order valence-corrected chi connectivity index (χ1v) is 4.17. The molecule has 1 aliphatic rings. The average Bonchev–Trinajstić information content (AvgIpc) is 2.07. The summed E-state index contributed by atoms with van der Waals surface area (Å²) < 4.78 is 0. The van der Waals surface area contributed by atoms with Crippen LogP contribution in [0.4, 0.5) is 0 Å². The van der Waals surface area contributed by atoms with Gasteiger partial charge in [0.15, 0.2) is 0 Å². The van der Waals surface area contributed by atoms with E-state index in [-0.39, 0.29) is 0 Å². The van der Waals surface area contributed by atoms with Gasteiger partial charge in [0.2, 0.25) is 6.08 Å². The van der Waals surface area contributed by atoms with E-state index in [1.807, 2.05) is 6.08 Å². The fourth-order valence-electron chi connectivity index (χ4n) is 1.52. The van der Waals surface area contributed by atoms with Crippen LogP contribution < -0.4 is 0 Å². The first kappa shape index (κ1) is 8.22. The Bertz CT molecular complexity index is 174. The van der Waals surface area contributed by atoms with Crippen molar-refractivity contribution in [3.05, 3.63) is 12.3 Å². The first-order chi connectivity index (χ1) is 5.43. The van der Waals surface area contributed by atoms with Crippen molar-refractivity contribution in [3.8, 4) is 0 Å². The molecule has 0 bridgehead atoms. The number of hydrogen-bond donors (Lipinski definition) is 0. The molecule has 0 aromatic carbocycles. The van der Waals surface area contributed by atoms with E-state index in [2.05, 4.69) is 4.99 Å². The van der Waals surface area contributed by atoms with Gasteiger partial charge in [0.25, 0.3) is 0 Å². The van der Waals surface area contributed by atoms with Gasteiger partial charge in [-0.05, 0) is 18.8 Å². The molecule has 1 saturated carbocycles. The standard InChI is InChI=1S/C9H13NO/c11-8-10-7-6-9-4-2-1-3-5-9/h6-7,9H,1-5H2/b7-6-. The van der Waals surface area contributed by atoms with Gasteiger partial charge >= 0.3 is 0 Å². The highest BCUT2D eigenvalue weighted by molar-refractivity contribution is 5.34. The highest BCUT2D eigenvalue weighted by Gasteiger charge is 2.08. The zero-order chi connectivity index (χ0) is 7.94. The molecule has 0 radical (unpaired) electrons. The van der Waals surface area contributed by atoms with Crippen LogP contribution in [0.5, 0.6) is 0 Å². The summed E-state index contributed by atoms with van der Waals surface area (Å²) in [5, 5.41) is 0. The molecule has 11 heavy (non-hydrogen) atoms. The predicted octanol–water partition coefficient (Wildman–Crippen LogP) is 2.42. The summed E-state index contributed by atoms with van der Waals surface area (Å²) in [6, 6.07) is 0. The molecule has 0 amide bonds. The highest BCUT2D eigenvalue weighted by Crippen LogP contribution is 2.24. The smallest absolute Gasteiger partial charge is 0.211 e. The lowest BCUT2D eigenvalue weighted by atomic mass is 9.89. The first-order valence-electron chi connectivity index (χ1n) is 4.17. The van der Waals surface area contributed by atoms with Crippen molar-refractivity contribution in [1.29, 1.82) is 0 Å². The molecule has 0 N–H and O–H groups in total. The summed E-state index contributed by atoms with van der Waals surface area (Å²) in [6.07, 6.45) is 11.6. The van der Waals surface area contributed by atoms with Crippen molar-refractivity contribution >= 4 is 6.08 Å². The van der Waals surface area contributed by atoms with Crippen molar-refractivity contribution < 1.29 is 4.79 Å². The molecule has 1 rings (SSSR count). The second kappa shape index (κ2) is 4.86. The molecule has 1 fully saturated rings. The molecule has 0 heterocycles. The van der Waals surface area contributed by atoms with Gasteiger partial charge in [-0.2, -0.15) is 4.99 Å². The number of hydrogen-bond acceptors (Lipinski definition) is 2. The van der Waals surface area contributed by atoms with E-state index in [1.165, 1.54) is 38.2 Å². The van der Waals surface area contributed by atoms with Crippen molar-refractivity contribution in [2.45, 2.75) is 32.1 Å². The number of allylic oxidation sites excluding steroid dienone is 1. The van der Waals surface area contributed by atoms with E-state index in [1.54, 1.807) is 6.20 Å². The minimum atomic E-state index is 0.654. The predicted molar refractivity (Wildman–Crippen MR) is 43.8 cm³/mol. The molecular weight excluding hydrogens is 138 g/mol. The summed E-state index contributed by atoms with van der Waals surface area (Å²) in [6.45, 7) is 0. The van der Waals surface area contributed by atoms with E-state index in [0.717, 1.165) is 0 Å². The van der Waals surface area contributed by atoms with Crippen molar-refractivity contribution in [2.75, 3.05) is 0 Å². The van der Waals surface area contributed by atoms with Gasteiger partial charge in [0.1, 0.15) is 0 Å². The summed E-state index contributed by atoms with van der Waals surface area (Å²) >= 11 is 0. The van der Waals surface area contributed by atoms with Gasteiger partial charge in [-0.3, -0.25) is 0 Å². The van der Waals surface area contributed by atoms with Crippen LogP contribution >= 0.6 is 0 Å². The van der Waals surface area contributed by atoms with Crippen LogP contribution in [-0.4, -0.2) is 6.08 Å². The average molecular weight is 151 g/mol. The Morgan fingerprint density at radius 2 is 2.00 bits per heavy atom. The van der Waals surface area contributed by atoms with Crippen molar-refractivity contribution in [2.24, 2.45) is 10.9 Å². The number of nitrogens with zero attached hydrogens (tertiary/aromatic N) is 1. The van der Waals surface area contributed by atoms with Gasteiger partial charge in [-0.1, -0.05) is 25.3 Å². The molecule has 0 saturated heterocycles. The lowest BCUT2D eigenvalue weighted by Crippen LogP contribution is -2.02. The van der Waals surface area contributed by atoms with Crippen LogP contribution in [0.1, 0.15) is 32.1 Å². The van der Waals surface area contributed by atoms with Gasteiger partial charge < -0.3 is 0 Å². The number of aliphatic imine (C=N–C) groups is 1. The SMILES string of the molecule is O=C=N/C=C\C1CCCCC1. The van der Waals surface area contributed by atoms with Crippen LogP contribution in [0, 0.1) is 5.92 Å². The maximum atomic E-state index is 9.70. The molecule has 0 spiro atoms. The zero-order valence-electron chi connectivity index (χ0n) is 6.62. The van der Waals surface area contributed by atoms with Crippen LogP contribution in [0.2, 0.25) is 0 Å². The van der Waals surface area contributed by atoms with E-state index in [0.29, 0.717) is 5.92 Å². The molecule has 0 atom stereocenters. The maximum absolute atomic E-state index is 9.70. The third-order valence-electron chi connectivity index (χ3n) is 2.14. The van der Waals surface area contributed by atoms with Crippen LogP contribution in [-0.2, 0) is 4.79 Å². The van der Waals surface area contributed by atoms with E-state index >= 15 is 0 Å². The van der Waals surface area contributed by atoms with Gasteiger partial charge in [0.05, 0.1) is 0 Å². The van der Waals surface area contributed by atoms with Gasteiger partial charge in [-0.25, -0.2) is 4.79 Å². The molecule has 1 aliphatic carbocycles. The Kier molecular flexibility index (Phi) is 3.63. The highest BCUT2D eigenvalue weighted by atomic mass is 16.1. The molecule has 0 aliphatic heterocycles. The lowest BCUT2D eigenvalue weighted by molar-refractivity contribution is 0.419. The van der Waals surface area contributed by atoms with Crippen molar-refractivity contribution in [1.82, 2.24) is 0 Å². The Morgan fingerprint density at radius 3 is 2.64 bits per heavy atom. The minimum absolute atomic E-state index is 0.654. The quantitative estimate of drug-likeness (QED) is 0.440. The monoisotopic (exact) mass is 151 g/mol. The third-order valence-corrected chi connectivity index (χ3v) is 2.14. The minimum Gasteiger partial charge on any atom is -0.211 e. The maximum Gasteiger partial charge on any atom is 0.239 e. The van der Waals surface area contributed by atoms with Gasteiger partial charge in [0, 0.05) is 6.20 Å². The molecule has 0 unspecified atom stereocenters. The number of carbonyl (C=O) groups excluding carboxylic acids is 1. The second-order valence-electron chi connectivity index (χ2n) is 2.96. The third kappa shape index (κ3) is 3.15. The Hall–Kier alpha value is -0.880. The summed E-state index contributed by atoms with van der Waals surface area (Å²) in [5.74, 6) is 0.654. The van der Waals surface area contributed by atoms with Gasteiger partial charge in [-0.15, -0.1) is 0 Å². The summed E-state index contributed by atoms with van der Waals surface area (Å²) in [4.78, 5) is 13.1. The molecule has 0 aromatic rings. The fraction of sp³-hybridized carbons (Fsp3) is 0.667. The van der Waals surface area contributed by atoms with E-state index in [4.69, 9.17) is 0 Å². The lowest BCUT2D eigenvalue weighted by Gasteiger charge is -2.16. The second-order valence-corrected chi connectivity index (χ2v) is 2.96.